The third kappa shape index (κ3) is 3.91. The van der Waals surface area contributed by atoms with Crippen molar-refractivity contribution in [3.63, 3.8) is 0 Å². The average molecular weight is 450 g/mol. The van der Waals surface area contributed by atoms with Crippen LogP contribution in [0.2, 0.25) is 5.02 Å². The molecule has 1 heterocycles. The van der Waals surface area contributed by atoms with Crippen molar-refractivity contribution in [2.24, 2.45) is 5.73 Å². The molecule has 0 saturated heterocycles. The number of amides is 4. The van der Waals surface area contributed by atoms with E-state index < -0.39 is 23.6 Å². The average Bonchev–Trinajstić information content (AvgIpc) is 3.03. The van der Waals surface area contributed by atoms with E-state index in [4.69, 9.17) is 22.1 Å². The highest BCUT2D eigenvalue weighted by Crippen LogP contribution is 2.35. The van der Waals surface area contributed by atoms with Crippen LogP contribution in [0.1, 0.15) is 31.1 Å². The number of primary amides is 1. The maximum absolute atomic E-state index is 12.7. The molecule has 9 heteroatoms. The molecule has 0 aromatic heterocycles. The van der Waals surface area contributed by atoms with Crippen molar-refractivity contribution >= 4 is 46.6 Å². The molecule has 4 rings (SSSR count). The van der Waals surface area contributed by atoms with Gasteiger partial charge in [-0.3, -0.25) is 19.2 Å². The summed E-state index contributed by atoms with van der Waals surface area (Å²) in [5.74, 6) is -1.92. The third-order valence-electron chi connectivity index (χ3n) is 4.74. The Hall–Kier alpha value is -4.17. The van der Waals surface area contributed by atoms with Crippen LogP contribution in [0.15, 0.2) is 66.7 Å². The summed E-state index contributed by atoms with van der Waals surface area (Å²) in [6, 6.07) is 17.3. The van der Waals surface area contributed by atoms with Gasteiger partial charge in [-0.1, -0.05) is 35.9 Å². The van der Waals surface area contributed by atoms with Crippen LogP contribution in [-0.4, -0.2) is 30.2 Å². The number of para-hydroxylation sites is 1. The number of fused-ring (bicyclic) bond motifs is 1. The summed E-state index contributed by atoms with van der Waals surface area (Å²) in [5, 5.41) is 2.78. The lowest BCUT2D eigenvalue weighted by atomic mass is 10.1. The molecule has 0 atom stereocenters. The Bertz CT molecular complexity index is 1240. The van der Waals surface area contributed by atoms with Crippen molar-refractivity contribution in [2.45, 2.75) is 0 Å². The molecule has 32 heavy (non-hydrogen) atoms. The molecule has 3 aromatic rings. The Morgan fingerprint density at radius 2 is 1.56 bits per heavy atom. The lowest BCUT2D eigenvalue weighted by Crippen LogP contribution is -2.29. The molecule has 0 bridgehead atoms. The first-order chi connectivity index (χ1) is 15.4. The van der Waals surface area contributed by atoms with E-state index >= 15 is 0 Å². The summed E-state index contributed by atoms with van der Waals surface area (Å²) in [6.45, 7) is -0.370. The van der Waals surface area contributed by atoms with Crippen LogP contribution in [-0.2, 0) is 4.79 Å². The van der Waals surface area contributed by atoms with Gasteiger partial charge in [0.15, 0.2) is 6.61 Å². The maximum Gasteiger partial charge on any atom is 0.266 e. The first kappa shape index (κ1) is 21.1. The van der Waals surface area contributed by atoms with Crippen LogP contribution in [0, 0.1) is 0 Å². The molecule has 0 unspecified atom stereocenters. The van der Waals surface area contributed by atoms with Crippen LogP contribution < -0.4 is 20.7 Å². The summed E-state index contributed by atoms with van der Waals surface area (Å²) < 4.78 is 5.28. The number of anilines is 2. The van der Waals surface area contributed by atoms with Gasteiger partial charge < -0.3 is 15.8 Å². The number of nitrogens with two attached hydrogens (primary N) is 1. The van der Waals surface area contributed by atoms with Crippen molar-refractivity contribution < 1.29 is 23.9 Å². The SMILES string of the molecule is NC(=O)COc1ccccc1C(=O)Nc1ccc(N2C(=O)c3ccccc3C2=O)c(Cl)c1. The maximum atomic E-state index is 12.7. The summed E-state index contributed by atoms with van der Waals surface area (Å²) in [7, 11) is 0. The fourth-order valence-electron chi connectivity index (χ4n) is 3.30. The van der Waals surface area contributed by atoms with E-state index in [-0.39, 0.29) is 28.6 Å². The Balaban J connectivity index is 1.55. The number of carbonyl (C=O) groups is 4. The first-order valence-electron chi connectivity index (χ1n) is 9.45. The standard InChI is InChI=1S/C23H16ClN3O5/c24-17-11-13(26-21(29)16-7-3-4-8-19(16)32-12-20(25)28)9-10-18(17)27-22(30)14-5-1-2-6-15(14)23(27)31/h1-11H,12H2,(H2,25,28)(H,26,29). The predicted molar refractivity (Wildman–Crippen MR) is 118 cm³/mol. The lowest BCUT2D eigenvalue weighted by Gasteiger charge is -2.17. The van der Waals surface area contributed by atoms with Crippen LogP contribution >= 0.6 is 11.6 Å². The van der Waals surface area contributed by atoms with Gasteiger partial charge in [-0.25, -0.2) is 4.90 Å². The number of halogens is 1. The molecule has 3 aromatic carbocycles. The molecule has 3 N–H and O–H groups in total. The van der Waals surface area contributed by atoms with Gasteiger partial charge in [-0.2, -0.15) is 0 Å². The van der Waals surface area contributed by atoms with Gasteiger partial charge in [-0.15, -0.1) is 0 Å². The number of hydrogen-bond acceptors (Lipinski definition) is 5. The van der Waals surface area contributed by atoms with Crippen molar-refractivity contribution in [3.8, 4) is 5.75 Å². The van der Waals surface area contributed by atoms with Crippen LogP contribution in [0.5, 0.6) is 5.75 Å². The number of imide groups is 1. The van der Waals surface area contributed by atoms with Crippen molar-refractivity contribution in [1.29, 1.82) is 0 Å². The molecule has 1 aliphatic heterocycles. The Morgan fingerprint density at radius 3 is 2.19 bits per heavy atom. The zero-order valence-electron chi connectivity index (χ0n) is 16.5. The molecule has 0 aliphatic carbocycles. The van der Waals surface area contributed by atoms with Gasteiger partial charge in [0.25, 0.3) is 23.6 Å². The smallest absolute Gasteiger partial charge is 0.266 e. The second-order valence-corrected chi connectivity index (χ2v) is 7.27. The van der Waals surface area contributed by atoms with Crippen molar-refractivity contribution in [3.05, 3.63) is 88.4 Å². The van der Waals surface area contributed by atoms with E-state index in [1.165, 1.54) is 30.3 Å². The minimum absolute atomic E-state index is 0.107. The van der Waals surface area contributed by atoms with E-state index in [0.717, 1.165) is 4.90 Å². The highest BCUT2D eigenvalue weighted by molar-refractivity contribution is 6.40. The highest BCUT2D eigenvalue weighted by Gasteiger charge is 2.37. The molecule has 160 valence electrons. The fraction of sp³-hybridized carbons (Fsp3) is 0.0435. The highest BCUT2D eigenvalue weighted by atomic mass is 35.5. The van der Waals surface area contributed by atoms with Crippen LogP contribution in [0.25, 0.3) is 0 Å². The summed E-state index contributed by atoms with van der Waals surface area (Å²) >= 11 is 6.35. The Morgan fingerprint density at radius 1 is 0.938 bits per heavy atom. The van der Waals surface area contributed by atoms with Gasteiger partial charge in [0.2, 0.25) is 0 Å². The number of nitrogens with one attached hydrogen (secondary N) is 1. The number of ether oxygens (including phenoxy) is 1. The van der Waals surface area contributed by atoms with E-state index in [0.29, 0.717) is 16.8 Å². The van der Waals surface area contributed by atoms with Crippen molar-refractivity contribution in [2.75, 3.05) is 16.8 Å². The molecular weight excluding hydrogens is 434 g/mol. The van der Waals surface area contributed by atoms with Gasteiger partial charge in [-0.05, 0) is 42.5 Å². The number of rotatable bonds is 6. The summed E-state index contributed by atoms with van der Waals surface area (Å²) in [5.41, 5.74) is 6.43. The largest absolute Gasteiger partial charge is 0.483 e. The molecule has 8 nitrogen and oxygen atoms in total. The monoisotopic (exact) mass is 449 g/mol. The molecule has 1 aliphatic rings. The molecular formula is C23H16ClN3O5. The van der Waals surface area contributed by atoms with E-state index in [9.17, 15) is 19.2 Å². The third-order valence-corrected chi connectivity index (χ3v) is 5.04. The molecule has 0 saturated carbocycles. The fourth-order valence-corrected chi connectivity index (χ4v) is 3.57. The van der Waals surface area contributed by atoms with Gasteiger partial charge in [0.05, 0.1) is 27.4 Å². The number of benzene rings is 3. The minimum Gasteiger partial charge on any atom is -0.483 e. The molecule has 4 amide bonds. The van der Waals surface area contributed by atoms with Gasteiger partial charge >= 0.3 is 0 Å². The zero-order valence-corrected chi connectivity index (χ0v) is 17.3. The number of nitrogens with zero attached hydrogens (tertiary/aromatic N) is 1. The lowest BCUT2D eigenvalue weighted by molar-refractivity contribution is -0.119. The Kier molecular flexibility index (Phi) is 5.61. The quantitative estimate of drug-likeness (QED) is 0.560. The van der Waals surface area contributed by atoms with Crippen LogP contribution in [0.3, 0.4) is 0 Å². The topological polar surface area (TPSA) is 119 Å². The Labute approximate surface area is 187 Å². The van der Waals surface area contributed by atoms with E-state index in [1.807, 2.05) is 0 Å². The second-order valence-electron chi connectivity index (χ2n) is 6.86. The van der Waals surface area contributed by atoms with Crippen LogP contribution in [0.4, 0.5) is 11.4 Å². The van der Waals surface area contributed by atoms with E-state index in [2.05, 4.69) is 5.32 Å². The summed E-state index contributed by atoms with van der Waals surface area (Å²) in [6.07, 6.45) is 0. The minimum atomic E-state index is -0.671. The number of hydrogen-bond donors (Lipinski definition) is 2. The summed E-state index contributed by atoms with van der Waals surface area (Å²) in [4.78, 5) is 50.1. The van der Waals surface area contributed by atoms with E-state index in [1.54, 1.807) is 36.4 Å². The molecule has 0 spiro atoms. The first-order valence-corrected chi connectivity index (χ1v) is 9.83. The number of carbonyl (C=O) groups excluding carboxylic acids is 4. The zero-order chi connectivity index (χ0) is 22.8. The van der Waals surface area contributed by atoms with Gasteiger partial charge in [0, 0.05) is 5.69 Å². The molecule has 0 fully saturated rings. The normalized spacial score (nSPS) is 12.5. The van der Waals surface area contributed by atoms with Crippen molar-refractivity contribution in [1.82, 2.24) is 0 Å². The molecule has 0 radical (unpaired) electrons. The van der Waals surface area contributed by atoms with Gasteiger partial charge in [0.1, 0.15) is 5.75 Å². The predicted octanol–water partition coefficient (Wildman–Crippen LogP) is 3.26. The second kappa shape index (κ2) is 8.52.